The van der Waals surface area contributed by atoms with Crippen LogP contribution in [0.25, 0.3) is 10.9 Å². The van der Waals surface area contributed by atoms with E-state index in [9.17, 15) is 4.79 Å². The summed E-state index contributed by atoms with van der Waals surface area (Å²) in [5.74, 6) is 2.37. The second kappa shape index (κ2) is 8.33. The van der Waals surface area contributed by atoms with Crippen molar-refractivity contribution in [2.24, 2.45) is 7.05 Å². The summed E-state index contributed by atoms with van der Waals surface area (Å²) in [6.07, 6.45) is 0. The zero-order valence-electron chi connectivity index (χ0n) is 19.8. The van der Waals surface area contributed by atoms with Gasteiger partial charge in [-0.2, -0.15) is 0 Å². The van der Waals surface area contributed by atoms with Crippen LogP contribution in [0.3, 0.4) is 0 Å². The number of fused-ring (bicyclic) bond motifs is 3. The van der Waals surface area contributed by atoms with Gasteiger partial charge in [-0.1, -0.05) is 18.2 Å². The number of nitrogens with zero attached hydrogens (tertiary/aromatic N) is 2. The SMILES string of the molecule is COc1ccc(N2C(=O)c3c(c4ccccc4n3C)C2c2cc(OC)c(OC)cc2OC)cc1. The monoisotopic (exact) mass is 458 g/mol. The molecule has 1 aliphatic heterocycles. The Balaban J connectivity index is 1.82. The Morgan fingerprint density at radius 3 is 2.06 bits per heavy atom. The van der Waals surface area contributed by atoms with E-state index >= 15 is 0 Å². The number of aromatic nitrogens is 1. The molecular weight excluding hydrogens is 432 g/mol. The summed E-state index contributed by atoms with van der Waals surface area (Å²) in [7, 11) is 8.35. The number of benzene rings is 3. The first-order valence-electron chi connectivity index (χ1n) is 10.9. The molecule has 2 heterocycles. The topological polar surface area (TPSA) is 62.2 Å². The van der Waals surface area contributed by atoms with Gasteiger partial charge in [-0.05, 0) is 36.4 Å². The highest BCUT2D eigenvalue weighted by Crippen LogP contribution is 2.50. The second-order valence-electron chi connectivity index (χ2n) is 8.06. The van der Waals surface area contributed by atoms with Crippen LogP contribution in [0.15, 0.2) is 60.7 Å². The molecule has 3 aromatic carbocycles. The van der Waals surface area contributed by atoms with E-state index in [1.807, 2.05) is 60.1 Å². The average Bonchev–Trinajstić information content (AvgIpc) is 3.35. The number of hydrogen-bond donors (Lipinski definition) is 0. The van der Waals surface area contributed by atoms with Crippen LogP contribution in [0.1, 0.15) is 27.7 Å². The number of methoxy groups -OCH3 is 4. The van der Waals surface area contributed by atoms with E-state index < -0.39 is 6.04 Å². The minimum atomic E-state index is -0.434. The molecule has 1 unspecified atom stereocenters. The van der Waals surface area contributed by atoms with Gasteiger partial charge in [-0.15, -0.1) is 0 Å². The zero-order valence-corrected chi connectivity index (χ0v) is 19.8. The number of carbonyl (C=O) groups excluding carboxylic acids is 1. The number of carbonyl (C=O) groups is 1. The smallest absolute Gasteiger partial charge is 0.276 e. The Morgan fingerprint density at radius 1 is 0.765 bits per heavy atom. The first kappa shape index (κ1) is 21.7. The fourth-order valence-electron chi connectivity index (χ4n) is 4.89. The van der Waals surface area contributed by atoms with Crippen molar-refractivity contribution in [2.75, 3.05) is 33.3 Å². The lowest BCUT2D eigenvalue weighted by Crippen LogP contribution is -2.30. The van der Waals surface area contributed by atoms with Crippen molar-refractivity contribution in [3.05, 3.63) is 77.5 Å². The van der Waals surface area contributed by atoms with Gasteiger partial charge >= 0.3 is 0 Å². The molecule has 0 saturated heterocycles. The number of rotatable bonds is 6. The lowest BCUT2D eigenvalue weighted by molar-refractivity contribution is 0.0986. The van der Waals surface area contributed by atoms with Gasteiger partial charge < -0.3 is 23.5 Å². The maximum Gasteiger partial charge on any atom is 0.276 e. The number of aryl methyl sites for hydroxylation is 1. The summed E-state index contributed by atoms with van der Waals surface area (Å²) < 4.78 is 24.2. The van der Waals surface area contributed by atoms with Crippen LogP contribution < -0.4 is 23.8 Å². The van der Waals surface area contributed by atoms with Crippen LogP contribution in [-0.2, 0) is 7.05 Å². The van der Waals surface area contributed by atoms with Gasteiger partial charge in [0.15, 0.2) is 11.5 Å². The Labute approximate surface area is 198 Å². The van der Waals surface area contributed by atoms with Crippen LogP contribution in [0, 0.1) is 0 Å². The molecule has 0 spiro atoms. The summed E-state index contributed by atoms with van der Waals surface area (Å²) in [4.78, 5) is 15.8. The summed E-state index contributed by atoms with van der Waals surface area (Å²) in [5, 5.41) is 1.02. The third-order valence-corrected chi connectivity index (χ3v) is 6.48. The van der Waals surface area contributed by atoms with E-state index in [1.165, 1.54) is 0 Å². The predicted octanol–water partition coefficient (Wildman–Crippen LogP) is 4.96. The van der Waals surface area contributed by atoms with E-state index in [4.69, 9.17) is 18.9 Å². The zero-order chi connectivity index (χ0) is 24.0. The third-order valence-electron chi connectivity index (χ3n) is 6.48. The summed E-state index contributed by atoms with van der Waals surface area (Å²) in [6, 6.07) is 18.8. The van der Waals surface area contributed by atoms with E-state index in [0.29, 0.717) is 22.9 Å². The summed E-state index contributed by atoms with van der Waals surface area (Å²) in [6.45, 7) is 0. The van der Waals surface area contributed by atoms with E-state index in [0.717, 1.165) is 33.5 Å². The number of amides is 1. The maximum absolute atomic E-state index is 14.0. The average molecular weight is 459 g/mol. The quantitative estimate of drug-likeness (QED) is 0.409. The molecule has 34 heavy (non-hydrogen) atoms. The number of anilines is 1. The third kappa shape index (κ3) is 3.08. The lowest BCUT2D eigenvalue weighted by Gasteiger charge is -2.28. The molecular formula is C27H26N2O5. The van der Waals surface area contributed by atoms with Gasteiger partial charge in [-0.3, -0.25) is 9.69 Å². The highest BCUT2D eigenvalue weighted by molar-refractivity contribution is 6.15. The predicted molar refractivity (Wildman–Crippen MR) is 131 cm³/mol. The molecule has 0 bridgehead atoms. The molecule has 0 fully saturated rings. The van der Waals surface area contributed by atoms with E-state index in [1.54, 1.807) is 39.4 Å². The van der Waals surface area contributed by atoms with Crippen molar-refractivity contribution < 1.29 is 23.7 Å². The molecule has 0 saturated carbocycles. The van der Waals surface area contributed by atoms with Gasteiger partial charge in [0.05, 0.1) is 34.5 Å². The van der Waals surface area contributed by atoms with Gasteiger partial charge in [0.2, 0.25) is 0 Å². The Kier molecular flexibility index (Phi) is 5.32. The highest BCUT2D eigenvalue weighted by atomic mass is 16.5. The summed E-state index contributed by atoms with van der Waals surface area (Å²) >= 11 is 0. The molecule has 0 aliphatic carbocycles. The van der Waals surface area contributed by atoms with Crippen molar-refractivity contribution in [3.63, 3.8) is 0 Å². The lowest BCUT2D eigenvalue weighted by atomic mass is 9.96. The van der Waals surface area contributed by atoms with E-state index in [-0.39, 0.29) is 5.91 Å². The Bertz CT molecular complexity index is 1390. The molecule has 7 nitrogen and oxygen atoms in total. The Hall–Kier alpha value is -4.13. The second-order valence-corrected chi connectivity index (χ2v) is 8.06. The fraction of sp³-hybridized carbons (Fsp3) is 0.222. The van der Waals surface area contributed by atoms with Crippen molar-refractivity contribution in [3.8, 4) is 23.0 Å². The molecule has 1 atom stereocenters. The fourth-order valence-corrected chi connectivity index (χ4v) is 4.89. The van der Waals surface area contributed by atoms with Crippen molar-refractivity contribution >= 4 is 22.5 Å². The van der Waals surface area contributed by atoms with E-state index in [2.05, 4.69) is 6.07 Å². The highest BCUT2D eigenvalue weighted by Gasteiger charge is 2.44. The molecule has 4 aromatic rings. The van der Waals surface area contributed by atoms with Crippen molar-refractivity contribution in [1.82, 2.24) is 4.57 Å². The molecule has 5 rings (SSSR count). The molecule has 1 aromatic heterocycles. The van der Waals surface area contributed by atoms with Crippen LogP contribution in [0.4, 0.5) is 5.69 Å². The van der Waals surface area contributed by atoms with Crippen LogP contribution in [0.2, 0.25) is 0 Å². The summed E-state index contributed by atoms with van der Waals surface area (Å²) in [5.41, 5.74) is 4.15. The minimum Gasteiger partial charge on any atom is -0.497 e. The number of ether oxygens (including phenoxy) is 4. The molecule has 0 radical (unpaired) electrons. The van der Waals surface area contributed by atoms with Crippen LogP contribution in [-0.4, -0.2) is 38.9 Å². The number of para-hydroxylation sites is 1. The van der Waals surface area contributed by atoms with Gasteiger partial charge in [-0.25, -0.2) is 0 Å². The van der Waals surface area contributed by atoms with Gasteiger partial charge in [0, 0.05) is 40.8 Å². The standard InChI is InChI=1S/C27H26N2O5/c1-28-20-9-7-6-8-18(20)24-25(19-14-22(33-4)23(34-5)15-21(19)32-3)29(27(30)26(24)28)16-10-12-17(31-2)13-11-16/h6-15,25H,1-5H3. The van der Waals surface area contributed by atoms with Gasteiger partial charge in [0.25, 0.3) is 5.91 Å². The minimum absolute atomic E-state index is 0.0827. The van der Waals surface area contributed by atoms with Crippen LogP contribution in [0.5, 0.6) is 23.0 Å². The normalized spacial score (nSPS) is 14.9. The molecule has 174 valence electrons. The Morgan fingerprint density at radius 2 is 1.41 bits per heavy atom. The largest absolute Gasteiger partial charge is 0.497 e. The molecule has 7 heteroatoms. The molecule has 1 aliphatic rings. The molecule has 0 N–H and O–H groups in total. The van der Waals surface area contributed by atoms with Crippen molar-refractivity contribution in [1.29, 1.82) is 0 Å². The number of hydrogen-bond acceptors (Lipinski definition) is 5. The van der Waals surface area contributed by atoms with Crippen molar-refractivity contribution in [2.45, 2.75) is 6.04 Å². The maximum atomic E-state index is 14.0. The first-order chi connectivity index (χ1) is 16.5. The van der Waals surface area contributed by atoms with Gasteiger partial charge in [0.1, 0.15) is 17.2 Å². The first-order valence-corrected chi connectivity index (χ1v) is 10.9. The molecule has 1 amide bonds. The van der Waals surface area contributed by atoms with Crippen LogP contribution >= 0.6 is 0 Å².